The van der Waals surface area contributed by atoms with E-state index in [1.807, 2.05) is 27.7 Å². The Morgan fingerprint density at radius 3 is 2.26 bits per heavy atom. The monoisotopic (exact) mass is 274 g/mol. The molecule has 0 amide bonds. The quantitative estimate of drug-likeness (QED) is 0.749. The van der Waals surface area contributed by atoms with Crippen molar-refractivity contribution in [3.05, 3.63) is 0 Å². The molecule has 0 radical (unpaired) electrons. The van der Waals surface area contributed by atoms with Crippen molar-refractivity contribution in [3.63, 3.8) is 0 Å². The first-order chi connectivity index (χ1) is 8.81. The third kappa shape index (κ3) is 2.41. The van der Waals surface area contributed by atoms with Crippen molar-refractivity contribution in [1.82, 2.24) is 0 Å². The van der Waals surface area contributed by atoms with Gasteiger partial charge in [-0.3, -0.25) is 0 Å². The van der Waals surface area contributed by atoms with E-state index < -0.39 is 17.9 Å². The number of hydrogen-bond donors (Lipinski definition) is 0. The van der Waals surface area contributed by atoms with Crippen molar-refractivity contribution in [2.75, 3.05) is 13.7 Å². The van der Waals surface area contributed by atoms with E-state index in [1.54, 1.807) is 7.11 Å². The van der Waals surface area contributed by atoms with Gasteiger partial charge in [0, 0.05) is 7.11 Å². The summed E-state index contributed by atoms with van der Waals surface area (Å²) in [6, 6.07) is 0. The third-order valence-electron chi connectivity index (χ3n) is 3.70. The van der Waals surface area contributed by atoms with Crippen LogP contribution in [0.5, 0.6) is 0 Å². The molecular weight excluding hydrogens is 252 g/mol. The van der Waals surface area contributed by atoms with Gasteiger partial charge in [-0.25, -0.2) is 0 Å². The van der Waals surface area contributed by atoms with E-state index in [1.165, 1.54) is 0 Å². The first kappa shape index (κ1) is 13.7. The van der Waals surface area contributed by atoms with Crippen LogP contribution in [0.15, 0.2) is 0 Å². The molecule has 0 unspecified atom stereocenters. The zero-order chi connectivity index (χ0) is 13.8. The first-order valence-electron chi connectivity index (χ1n) is 6.67. The van der Waals surface area contributed by atoms with E-state index in [4.69, 9.17) is 28.4 Å². The van der Waals surface area contributed by atoms with Crippen LogP contribution in [-0.4, -0.2) is 56.0 Å². The Morgan fingerprint density at radius 1 is 0.947 bits per heavy atom. The summed E-state index contributed by atoms with van der Waals surface area (Å²) in [6.45, 7) is 8.01. The lowest BCUT2D eigenvalue weighted by Gasteiger charge is -2.28. The van der Waals surface area contributed by atoms with Crippen LogP contribution in [-0.2, 0) is 28.4 Å². The lowest BCUT2D eigenvalue weighted by Crippen LogP contribution is -2.43. The Bertz CT molecular complexity index is 355. The van der Waals surface area contributed by atoms with Crippen molar-refractivity contribution < 1.29 is 28.4 Å². The average Bonchev–Trinajstić information content (AvgIpc) is 2.87. The number of fused-ring (bicyclic) bond motifs is 1. The van der Waals surface area contributed by atoms with E-state index in [-0.39, 0.29) is 24.4 Å². The molecule has 19 heavy (non-hydrogen) atoms. The normalized spacial score (nSPS) is 47.5. The van der Waals surface area contributed by atoms with Gasteiger partial charge in [0.25, 0.3) is 0 Å². The summed E-state index contributed by atoms with van der Waals surface area (Å²) < 4.78 is 34.5. The number of hydrogen-bond acceptors (Lipinski definition) is 6. The van der Waals surface area contributed by atoms with Crippen molar-refractivity contribution >= 4 is 0 Å². The smallest absolute Gasteiger partial charge is 0.190 e. The largest absolute Gasteiger partial charge is 0.376 e. The molecule has 3 rings (SSSR count). The van der Waals surface area contributed by atoms with Gasteiger partial charge in [0.2, 0.25) is 0 Å². The molecule has 0 saturated carbocycles. The zero-order valence-electron chi connectivity index (χ0n) is 12.0. The van der Waals surface area contributed by atoms with Crippen LogP contribution in [0.2, 0.25) is 0 Å². The molecule has 110 valence electrons. The van der Waals surface area contributed by atoms with E-state index in [0.717, 1.165) is 0 Å². The number of methoxy groups -OCH3 is 1. The van der Waals surface area contributed by atoms with Crippen LogP contribution >= 0.6 is 0 Å². The molecule has 0 aromatic carbocycles. The van der Waals surface area contributed by atoms with Crippen LogP contribution in [0.3, 0.4) is 0 Å². The molecular formula is C13H22O6. The topological polar surface area (TPSA) is 55.4 Å². The Hall–Kier alpha value is -0.240. The van der Waals surface area contributed by atoms with Crippen LogP contribution < -0.4 is 0 Å². The summed E-state index contributed by atoms with van der Waals surface area (Å²) in [4.78, 5) is 0. The fourth-order valence-corrected chi connectivity index (χ4v) is 2.95. The van der Waals surface area contributed by atoms with E-state index >= 15 is 0 Å². The van der Waals surface area contributed by atoms with Crippen molar-refractivity contribution in [2.45, 2.75) is 70.0 Å². The summed E-state index contributed by atoms with van der Waals surface area (Å²) >= 11 is 0. The van der Waals surface area contributed by atoms with Gasteiger partial charge in [0.1, 0.15) is 24.4 Å². The fourth-order valence-electron chi connectivity index (χ4n) is 2.95. The van der Waals surface area contributed by atoms with Crippen molar-refractivity contribution in [1.29, 1.82) is 0 Å². The molecule has 0 aliphatic carbocycles. The highest BCUT2D eigenvalue weighted by molar-refractivity contribution is 4.98. The molecule has 0 aromatic rings. The molecule has 0 aromatic heterocycles. The first-order valence-corrected chi connectivity index (χ1v) is 6.67. The maximum atomic E-state index is 5.92. The minimum Gasteiger partial charge on any atom is -0.376 e. The predicted octanol–water partition coefficient (Wildman–Crippen LogP) is 1.03. The Kier molecular flexibility index (Phi) is 3.16. The lowest BCUT2D eigenvalue weighted by atomic mass is 10.1. The standard InChI is InChI=1S/C13H22O6/c1-12(2)15-6-7(17-12)8-9(14-5)10-11(16-8)19-13(3,4)18-10/h7-11H,6H2,1-5H3/t7-,8-,9+,10+,11+/m1/s1. The van der Waals surface area contributed by atoms with Crippen molar-refractivity contribution in [3.8, 4) is 0 Å². The van der Waals surface area contributed by atoms with E-state index in [2.05, 4.69) is 0 Å². The van der Waals surface area contributed by atoms with Gasteiger partial charge in [-0.2, -0.15) is 0 Å². The van der Waals surface area contributed by atoms with Crippen LogP contribution in [0.4, 0.5) is 0 Å². The van der Waals surface area contributed by atoms with E-state index in [9.17, 15) is 0 Å². The number of rotatable bonds is 2. The van der Waals surface area contributed by atoms with Gasteiger partial charge in [-0.05, 0) is 27.7 Å². The molecule has 6 nitrogen and oxygen atoms in total. The van der Waals surface area contributed by atoms with Crippen LogP contribution in [0.25, 0.3) is 0 Å². The summed E-state index contributed by atoms with van der Waals surface area (Å²) in [5.41, 5.74) is 0. The molecule has 0 bridgehead atoms. The highest BCUT2D eigenvalue weighted by Gasteiger charge is 2.58. The van der Waals surface area contributed by atoms with E-state index in [0.29, 0.717) is 6.61 Å². The average molecular weight is 274 g/mol. The second-order valence-electron chi connectivity index (χ2n) is 6.14. The van der Waals surface area contributed by atoms with Gasteiger partial charge in [-0.15, -0.1) is 0 Å². The third-order valence-corrected chi connectivity index (χ3v) is 3.70. The highest BCUT2D eigenvalue weighted by atomic mass is 16.8. The minimum absolute atomic E-state index is 0.166. The second kappa shape index (κ2) is 4.38. The van der Waals surface area contributed by atoms with Gasteiger partial charge < -0.3 is 28.4 Å². The fraction of sp³-hybridized carbons (Fsp3) is 1.00. The Morgan fingerprint density at radius 2 is 1.68 bits per heavy atom. The number of ether oxygens (including phenoxy) is 6. The van der Waals surface area contributed by atoms with Gasteiger partial charge in [0.15, 0.2) is 17.9 Å². The predicted molar refractivity (Wildman–Crippen MR) is 64.4 cm³/mol. The summed E-state index contributed by atoms with van der Waals surface area (Å²) in [6.07, 6.45) is -1.25. The molecule has 3 aliphatic heterocycles. The molecule has 5 atom stereocenters. The van der Waals surface area contributed by atoms with Crippen LogP contribution in [0, 0.1) is 0 Å². The maximum Gasteiger partial charge on any atom is 0.190 e. The molecule has 3 fully saturated rings. The maximum absolute atomic E-state index is 5.92. The molecule has 0 spiro atoms. The SMILES string of the molecule is CO[C@@H]1[C@@H]2OC(C)(C)O[C@@H]2O[C@@H]1[C@H]1COC(C)(C)O1. The molecule has 3 aliphatic rings. The molecule has 3 heterocycles. The Balaban J connectivity index is 1.72. The summed E-state index contributed by atoms with van der Waals surface area (Å²) in [5.74, 6) is -1.21. The van der Waals surface area contributed by atoms with Gasteiger partial charge in [0.05, 0.1) is 6.61 Å². The summed E-state index contributed by atoms with van der Waals surface area (Å²) in [5, 5.41) is 0. The zero-order valence-corrected chi connectivity index (χ0v) is 12.0. The summed E-state index contributed by atoms with van der Waals surface area (Å²) in [7, 11) is 1.65. The van der Waals surface area contributed by atoms with Gasteiger partial charge >= 0.3 is 0 Å². The Labute approximate surface area is 113 Å². The van der Waals surface area contributed by atoms with Crippen molar-refractivity contribution in [2.24, 2.45) is 0 Å². The van der Waals surface area contributed by atoms with Crippen LogP contribution in [0.1, 0.15) is 27.7 Å². The highest BCUT2D eigenvalue weighted by Crippen LogP contribution is 2.41. The molecule has 6 heteroatoms. The molecule has 0 N–H and O–H groups in total. The van der Waals surface area contributed by atoms with Gasteiger partial charge in [-0.1, -0.05) is 0 Å². The molecule has 3 saturated heterocycles. The second-order valence-corrected chi connectivity index (χ2v) is 6.14. The minimum atomic E-state index is -0.636. The lowest BCUT2D eigenvalue weighted by molar-refractivity contribution is -0.234.